The Labute approximate surface area is 177 Å². The highest BCUT2D eigenvalue weighted by Crippen LogP contribution is 2.34. The number of nitrogens with zero attached hydrogens (tertiary/aromatic N) is 3. The van der Waals surface area contributed by atoms with Gasteiger partial charge in [-0.25, -0.2) is 4.98 Å². The summed E-state index contributed by atoms with van der Waals surface area (Å²) >= 11 is 9.23. The Morgan fingerprint density at radius 1 is 1.25 bits per heavy atom. The van der Waals surface area contributed by atoms with Crippen LogP contribution in [0.1, 0.15) is 29.3 Å². The molecule has 0 aliphatic carbocycles. The molecule has 2 aromatic carbocycles. The summed E-state index contributed by atoms with van der Waals surface area (Å²) < 4.78 is 0. The molecule has 0 saturated heterocycles. The molecule has 3 rings (SSSR count). The van der Waals surface area contributed by atoms with E-state index in [1.54, 1.807) is 35.7 Å². The molecule has 3 aromatic rings. The molecular formula is C21H18ClN3OS2. The first-order valence-corrected chi connectivity index (χ1v) is 10.8. The second-order valence-electron chi connectivity index (χ2n) is 6.29. The molecule has 0 saturated carbocycles. The molecule has 0 spiro atoms. The van der Waals surface area contributed by atoms with E-state index in [4.69, 9.17) is 16.9 Å². The zero-order valence-corrected chi connectivity index (χ0v) is 18.1. The topological polar surface area (TPSA) is 57.0 Å². The van der Waals surface area contributed by atoms with Crippen LogP contribution in [0.15, 0.2) is 46.7 Å². The number of rotatable bonds is 5. The quantitative estimate of drug-likeness (QED) is 0.451. The Hall–Kier alpha value is -2.33. The van der Waals surface area contributed by atoms with Crippen molar-refractivity contribution < 1.29 is 4.79 Å². The number of aryl methyl sites for hydroxylation is 2. The normalized spacial score (nSPS) is 10.5. The van der Waals surface area contributed by atoms with Crippen molar-refractivity contribution >= 4 is 51.4 Å². The Balaban J connectivity index is 1.79. The number of amides is 1. The van der Waals surface area contributed by atoms with Crippen molar-refractivity contribution in [2.24, 2.45) is 0 Å². The van der Waals surface area contributed by atoms with Crippen molar-refractivity contribution in [1.82, 2.24) is 4.98 Å². The number of thiazole rings is 1. The number of nitriles is 1. The number of hydrogen-bond donors (Lipinski definition) is 0. The lowest BCUT2D eigenvalue weighted by atomic mass is 10.1. The summed E-state index contributed by atoms with van der Waals surface area (Å²) in [5.41, 5.74) is 4.55. The number of carbonyl (C=O) groups excluding carboxylic acids is 1. The number of carbonyl (C=O) groups is 1. The Morgan fingerprint density at radius 3 is 2.68 bits per heavy atom. The number of thioether (sulfide) groups is 1. The Morgan fingerprint density at radius 2 is 2.04 bits per heavy atom. The van der Waals surface area contributed by atoms with E-state index >= 15 is 0 Å². The maximum Gasteiger partial charge on any atom is 0.230 e. The van der Waals surface area contributed by atoms with E-state index in [1.165, 1.54) is 16.9 Å². The molecule has 142 valence electrons. The first kappa shape index (κ1) is 20.4. The van der Waals surface area contributed by atoms with Gasteiger partial charge in [-0.1, -0.05) is 17.7 Å². The van der Waals surface area contributed by atoms with Crippen LogP contribution in [0, 0.1) is 25.2 Å². The summed E-state index contributed by atoms with van der Waals surface area (Å²) in [6.07, 6.45) is 0. The molecule has 0 fully saturated rings. The average molecular weight is 428 g/mol. The molecule has 4 nitrogen and oxygen atoms in total. The minimum atomic E-state index is -0.0769. The summed E-state index contributed by atoms with van der Waals surface area (Å²) in [4.78, 5) is 19.5. The van der Waals surface area contributed by atoms with Crippen molar-refractivity contribution in [3.63, 3.8) is 0 Å². The molecule has 0 unspecified atom stereocenters. The third-order valence-electron chi connectivity index (χ3n) is 4.23. The van der Waals surface area contributed by atoms with Gasteiger partial charge in [0.15, 0.2) is 5.13 Å². The van der Waals surface area contributed by atoms with Crippen molar-refractivity contribution in [3.8, 4) is 6.07 Å². The van der Waals surface area contributed by atoms with Gasteiger partial charge in [-0.2, -0.15) is 5.26 Å². The predicted octanol–water partition coefficient (Wildman–Crippen LogP) is 6.26. The van der Waals surface area contributed by atoms with Crippen LogP contribution in [-0.2, 0) is 10.5 Å². The highest BCUT2D eigenvalue weighted by atomic mass is 35.5. The third-order valence-corrected chi connectivity index (χ3v) is 6.64. The van der Waals surface area contributed by atoms with E-state index < -0.39 is 0 Å². The zero-order valence-electron chi connectivity index (χ0n) is 15.7. The fraction of sp³-hybridized carbons (Fsp3) is 0.190. The number of halogens is 1. The lowest BCUT2D eigenvalue weighted by Crippen LogP contribution is -2.22. The van der Waals surface area contributed by atoms with E-state index in [9.17, 15) is 4.79 Å². The maximum absolute atomic E-state index is 12.3. The van der Waals surface area contributed by atoms with Crippen LogP contribution in [0.4, 0.5) is 10.8 Å². The van der Waals surface area contributed by atoms with Crippen molar-refractivity contribution in [3.05, 3.63) is 69.2 Å². The van der Waals surface area contributed by atoms with Crippen LogP contribution >= 0.6 is 34.7 Å². The van der Waals surface area contributed by atoms with Gasteiger partial charge >= 0.3 is 0 Å². The van der Waals surface area contributed by atoms with E-state index in [1.807, 2.05) is 43.5 Å². The molecule has 1 heterocycles. The largest absolute Gasteiger partial charge is 0.274 e. The summed E-state index contributed by atoms with van der Waals surface area (Å²) in [5, 5.41) is 12.1. The number of hydrogen-bond acceptors (Lipinski definition) is 5. The zero-order chi connectivity index (χ0) is 20.3. The third kappa shape index (κ3) is 4.56. The van der Waals surface area contributed by atoms with Crippen LogP contribution in [0.3, 0.4) is 0 Å². The molecule has 0 N–H and O–H groups in total. The van der Waals surface area contributed by atoms with Gasteiger partial charge in [0.05, 0.1) is 28.0 Å². The molecule has 1 amide bonds. The average Bonchev–Trinajstić information content (AvgIpc) is 3.11. The number of aromatic nitrogens is 1. The second kappa shape index (κ2) is 8.78. The lowest BCUT2D eigenvalue weighted by molar-refractivity contribution is -0.115. The first-order valence-electron chi connectivity index (χ1n) is 8.54. The second-order valence-corrected chi connectivity index (χ2v) is 8.55. The van der Waals surface area contributed by atoms with Gasteiger partial charge in [-0.15, -0.1) is 23.1 Å². The van der Waals surface area contributed by atoms with Crippen LogP contribution in [0.5, 0.6) is 0 Å². The summed E-state index contributed by atoms with van der Waals surface area (Å²) in [6, 6.07) is 13.3. The van der Waals surface area contributed by atoms with Gasteiger partial charge in [0.25, 0.3) is 0 Å². The van der Waals surface area contributed by atoms with Crippen molar-refractivity contribution in [1.29, 1.82) is 5.26 Å². The van der Waals surface area contributed by atoms with E-state index in [0.717, 1.165) is 21.8 Å². The first-order chi connectivity index (χ1) is 13.4. The smallest absolute Gasteiger partial charge is 0.230 e. The van der Waals surface area contributed by atoms with Crippen LogP contribution in [0.25, 0.3) is 0 Å². The minimum absolute atomic E-state index is 0.0769. The molecule has 0 aliphatic heterocycles. The van der Waals surface area contributed by atoms with Crippen LogP contribution < -0.4 is 4.90 Å². The van der Waals surface area contributed by atoms with Gasteiger partial charge in [-0.3, -0.25) is 9.69 Å². The molecule has 0 aliphatic rings. The molecule has 0 atom stereocenters. The van der Waals surface area contributed by atoms with Gasteiger partial charge in [0, 0.05) is 23.0 Å². The minimum Gasteiger partial charge on any atom is -0.274 e. The lowest BCUT2D eigenvalue weighted by Gasteiger charge is -2.19. The fourth-order valence-corrected chi connectivity index (χ4v) is 4.74. The molecule has 7 heteroatoms. The molecule has 0 radical (unpaired) electrons. The Kier molecular flexibility index (Phi) is 6.40. The highest BCUT2D eigenvalue weighted by Gasteiger charge is 2.18. The maximum atomic E-state index is 12.3. The number of anilines is 2. The SMILES string of the molecule is CC(=O)N(c1ccc(C)c(C)c1)c1nc(CSc2ccc(C#N)cc2Cl)cs1. The molecular weight excluding hydrogens is 410 g/mol. The summed E-state index contributed by atoms with van der Waals surface area (Å²) in [5.74, 6) is 0.549. The highest BCUT2D eigenvalue weighted by molar-refractivity contribution is 7.98. The van der Waals surface area contributed by atoms with Crippen LogP contribution in [-0.4, -0.2) is 10.9 Å². The Bertz CT molecular complexity index is 1070. The van der Waals surface area contributed by atoms with Crippen molar-refractivity contribution in [2.45, 2.75) is 31.4 Å². The monoisotopic (exact) mass is 427 g/mol. The summed E-state index contributed by atoms with van der Waals surface area (Å²) in [6.45, 7) is 5.62. The van der Waals surface area contributed by atoms with Crippen molar-refractivity contribution in [2.75, 3.05) is 4.90 Å². The van der Waals surface area contributed by atoms with Gasteiger partial charge in [0.1, 0.15) is 0 Å². The van der Waals surface area contributed by atoms with E-state index in [-0.39, 0.29) is 5.91 Å². The molecule has 28 heavy (non-hydrogen) atoms. The van der Waals surface area contributed by atoms with Gasteiger partial charge in [0.2, 0.25) is 5.91 Å². The number of benzene rings is 2. The standard InChI is InChI=1S/C21H18ClN3OS2/c1-13-4-6-18(8-14(13)2)25(15(3)26)21-24-17(12-28-21)11-27-20-7-5-16(10-23)9-19(20)22/h4-9,12H,11H2,1-3H3. The van der Waals surface area contributed by atoms with Gasteiger partial charge in [-0.05, 0) is 55.3 Å². The van der Waals surface area contributed by atoms with E-state index in [2.05, 4.69) is 11.1 Å². The van der Waals surface area contributed by atoms with E-state index in [0.29, 0.717) is 21.5 Å². The fourth-order valence-electron chi connectivity index (χ4n) is 2.60. The van der Waals surface area contributed by atoms with Gasteiger partial charge < -0.3 is 0 Å². The molecule has 1 aromatic heterocycles. The summed E-state index contributed by atoms with van der Waals surface area (Å²) in [7, 11) is 0. The predicted molar refractivity (Wildman–Crippen MR) is 117 cm³/mol. The molecule has 0 bridgehead atoms. The van der Waals surface area contributed by atoms with Crippen LogP contribution in [0.2, 0.25) is 5.02 Å².